The molecule has 0 saturated heterocycles. The van der Waals surface area contributed by atoms with E-state index in [-0.39, 0.29) is 29.9 Å². The molecule has 0 bridgehead atoms. The standard InChI is InChI=1S/C10H17F3N4O2S.ClH/c1-3-14-8(2)4-16-20(18,19)9-5-15-17(6-9)7-10(11,12)13;/h5-6,8,14,16H,3-4,7H2,1-2H3;1H/t8-;/m1./s1. The predicted molar refractivity (Wildman–Crippen MR) is 73.9 cm³/mol. The third-order valence-electron chi connectivity index (χ3n) is 2.39. The van der Waals surface area contributed by atoms with Crippen LogP contribution in [0, 0.1) is 0 Å². The summed E-state index contributed by atoms with van der Waals surface area (Å²) in [5, 5.41) is 6.40. The molecule has 0 fully saturated rings. The zero-order valence-electron chi connectivity index (χ0n) is 11.5. The van der Waals surface area contributed by atoms with Crippen molar-refractivity contribution in [3.63, 3.8) is 0 Å². The first-order chi connectivity index (χ1) is 9.14. The molecule has 0 aliphatic carbocycles. The van der Waals surface area contributed by atoms with Gasteiger partial charge in [-0.2, -0.15) is 18.3 Å². The number of likely N-dealkylation sites (N-methyl/N-ethyl adjacent to an activating group) is 1. The highest BCUT2D eigenvalue weighted by atomic mass is 35.5. The number of nitrogens with one attached hydrogen (secondary N) is 2. The fourth-order valence-corrected chi connectivity index (χ4v) is 2.57. The number of alkyl halides is 3. The van der Waals surface area contributed by atoms with Crippen molar-refractivity contribution in [3.05, 3.63) is 12.4 Å². The molecule has 1 aromatic heterocycles. The summed E-state index contributed by atoms with van der Waals surface area (Å²) in [7, 11) is -3.85. The second-order valence-electron chi connectivity index (χ2n) is 4.30. The van der Waals surface area contributed by atoms with Crippen LogP contribution in [0.1, 0.15) is 13.8 Å². The summed E-state index contributed by atoms with van der Waals surface area (Å²) in [5.74, 6) is 0. The van der Waals surface area contributed by atoms with E-state index in [1.54, 1.807) is 6.92 Å². The van der Waals surface area contributed by atoms with Gasteiger partial charge in [0, 0.05) is 18.8 Å². The molecular formula is C10H18ClF3N4O2S. The third kappa shape index (κ3) is 7.11. The molecule has 1 heterocycles. The van der Waals surface area contributed by atoms with Gasteiger partial charge in [-0.3, -0.25) is 4.68 Å². The molecule has 0 radical (unpaired) electrons. The Morgan fingerprint density at radius 1 is 1.43 bits per heavy atom. The van der Waals surface area contributed by atoms with E-state index in [9.17, 15) is 21.6 Å². The molecule has 0 aliphatic rings. The maximum atomic E-state index is 12.2. The summed E-state index contributed by atoms with van der Waals surface area (Å²) in [6.07, 6.45) is -2.69. The monoisotopic (exact) mass is 350 g/mol. The van der Waals surface area contributed by atoms with E-state index in [0.717, 1.165) is 12.4 Å². The Bertz CT molecular complexity index is 533. The Morgan fingerprint density at radius 2 is 2.05 bits per heavy atom. The van der Waals surface area contributed by atoms with Crippen LogP contribution in [0.25, 0.3) is 0 Å². The number of sulfonamides is 1. The van der Waals surface area contributed by atoms with Gasteiger partial charge >= 0.3 is 6.18 Å². The van der Waals surface area contributed by atoms with Crippen LogP contribution in [0.3, 0.4) is 0 Å². The second kappa shape index (κ2) is 7.97. The van der Waals surface area contributed by atoms with E-state index in [4.69, 9.17) is 0 Å². The van der Waals surface area contributed by atoms with E-state index in [2.05, 4.69) is 15.1 Å². The molecule has 0 aromatic carbocycles. The summed E-state index contributed by atoms with van der Waals surface area (Å²) >= 11 is 0. The Morgan fingerprint density at radius 3 is 2.57 bits per heavy atom. The SMILES string of the molecule is CCN[C@H](C)CNS(=O)(=O)c1cnn(CC(F)(F)F)c1.Cl. The zero-order chi connectivity index (χ0) is 15.4. The highest BCUT2D eigenvalue weighted by Crippen LogP contribution is 2.18. The maximum absolute atomic E-state index is 12.2. The first kappa shape index (κ1) is 20.2. The average molecular weight is 351 g/mol. The van der Waals surface area contributed by atoms with Crippen LogP contribution in [-0.2, 0) is 16.6 Å². The lowest BCUT2D eigenvalue weighted by Gasteiger charge is -2.12. The highest BCUT2D eigenvalue weighted by molar-refractivity contribution is 7.89. The van der Waals surface area contributed by atoms with Gasteiger partial charge in [0.05, 0.1) is 6.20 Å². The Hall–Kier alpha value is -0.840. The van der Waals surface area contributed by atoms with Gasteiger partial charge in [-0.05, 0) is 13.5 Å². The average Bonchev–Trinajstić information content (AvgIpc) is 2.74. The van der Waals surface area contributed by atoms with Crippen LogP contribution in [0.4, 0.5) is 13.2 Å². The highest BCUT2D eigenvalue weighted by Gasteiger charge is 2.29. The van der Waals surface area contributed by atoms with Crippen LogP contribution in [0.15, 0.2) is 17.3 Å². The molecule has 0 amide bonds. The second-order valence-corrected chi connectivity index (χ2v) is 6.07. The minimum Gasteiger partial charge on any atom is -0.313 e. The van der Waals surface area contributed by atoms with Crippen molar-refractivity contribution < 1.29 is 21.6 Å². The van der Waals surface area contributed by atoms with Gasteiger partial charge < -0.3 is 5.32 Å². The molecule has 0 saturated carbocycles. The van der Waals surface area contributed by atoms with Gasteiger partial charge in [-0.1, -0.05) is 6.92 Å². The van der Waals surface area contributed by atoms with Crippen molar-refractivity contribution in [2.75, 3.05) is 13.1 Å². The number of halogens is 4. The molecule has 0 unspecified atom stereocenters. The van der Waals surface area contributed by atoms with Crippen molar-refractivity contribution >= 4 is 22.4 Å². The predicted octanol–water partition coefficient (Wildman–Crippen LogP) is 1.14. The summed E-state index contributed by atoms with van der Waals surface area (Å²) in [4.78, 5) is -0.287. The maximum Gasteiger partial charge on any atom is 0.408 e. The van der Waals surface area contributed by atoms with Crippen molar-refractivity contribution in [1.29, 1.82) is 0 Å². The Kier molecular flexibility index (Phi) is 7.65. The van der Waals surface area contributed by atoms with E-state index < -0.39 is 22.7 Å². The summed E-state index contributed by atoms with van der Waals surface area (Å²) < 4.78 is 63.0. The van der Waals surface area contributed by atoms with Crippen molar-refractivity contribution in [3.8, 4) is 0 Å². The van der Waals surface area contributed by atoms with Gasteiger partial charge in [0.15, 0.2) is 0 Å². The fourth-order valence-electron chi connectivity index (χ4n) is 1.49. The lowest BCUT2D eigenvalue weighted by Crippen LogP contribution is -2.38. The summed E-state index contributed by atoms with van der Waals surface area (Å²) in [6.45, 7) is 3.18. The molecule has 1 atom stereocenters. The van der Waals surface area contributed by atoms with Crippen molar-refractivity contribution in [2.45, 2.75) is 37.5 Å². The number of nitrogens with zero attached hydrogens (tertiary/aromatic N) is 2. The van der Waals surface area contributed by atoms with Gasteiger partial charge in [-0.25, -0.2) is 13.1 Å². The normalized spacial score (nSPS) is 13.8. The number of rotatable bonds is 7. The number of hydrogen-bond donors (Lipinski definition) is 2. The molecule has 21 heavy (non-hydrogen) atoms. The summed E-state index contributed by atoms with van der Waals surface area (Å²) in [5.41, 5.74) is 0. The first-order valence-corrected chi connectivity index (χ1v) is 7.44. The van der Waals surface area contributed by atoms with Crippen LogP contribution in [0.5, 0.6) is 0 Å². The van der Waals surface area contributed by atoms with Crippen LogP contribution >= 0.6 is 12.4 Å². The third-order valence-corrected chi connectivity index (χ3v) is 3.77. The molecule has 11 heteroatoms. The molecule has 2 N–H and O–H groups in total. The lowest BCUT2D eigenvalue weighted by atomic mass is 10.3. The minimum absolute atomic E-state index is 0. The quantitative estimate of drug-likeness (QED) is 0.773. The molecule has 124 valence electrons. The van der Waals surface area contributed by atoms with Crippen LogP contribution < -0.4 is 10.0 Å². The van der Waals surface area contributed by atoms with E-state index in [1.807, 2.05) is 6.92 Å². The molecule has 0 spiro atoms. The van der Waals surface area contributed by atoms with Gasteiger partial charge in [0.2, 0.25) is 10.0 Å². The van der Waals surface area contributed by atoms with Crippen LogP contribution in [0.2, 0.25) is 0 Å². The fraction of sp³-hybridized carbons (Fsp3) is 0.700. The topological polar surface area (TPSA) is 76.0 Å². The smallest absolute Gasteiger partial charge is 0.313 e. The number of aromatic nitrogens is 2. The van der Waals surface area contributed by atoms with E-state index in [0.29, 0.717) is 11.2 Å². The van der Waals surface area contributed by atoms with Gasteiger partial charge in [0.1, 0.15) is 11.4 Å². The van der Waals surface area contributed by atoms with Crippen LogP contribution in [-0.4, -0.2) is 43.5 Å². The van der Waals surface area contributed by atoms with Gasteiger partial charge in [-0.15, -0.1) is 12.4 Å². The van der Waals surface area contributed by atoms with Crippen molar-refractivity contribution in [2.24, 2.45) is 0 Å². The molecule has 0 aliphatic heterocycles. The lowest BCUT2D eigenvalue weighted by molar-refractivity contribution is -0.142. The Labute approximate surface area is 127 Å². The summed E-state index contributed by atoms with van der Waals surface area (Å²) in [6, 6.07) is -0.0833. The Balaban J connectivity index is 0.00000400. The largest absolute Gasteiger partial charge is 0.408 e. The van der Waals surface area contributed by atoms with E-state index >= 15 is 0 Å². The van der Waals surface area contributed by atoms with Crippen molar-refractivity contribution in [1.82, 2.24) is 19.8 Å². The minimum atomic E-state index is -4.44. The molecule has 1 aromatic rings. The van der Waals surface area contributed by atoms with E-state index in [1.165, 1.54) is 0 Å². The molecule has 6 nitrogen and oxygen atoms in total. The van der Waals surface area contributed by atoms with Gasteiger partial charge in [0.25, 0.3) is 0 Å². The molecule has 1 rings (SSSR count). The number of hydrogen-bond acceptors (Lipinski definition) is 4. The first-order valence-electron chi connectivity index (χ1n) is 5.96. The zero-order valence-corrected chi connectivity index (χ0v) is 13.1. The molecular weight excluding hydrogens is 333 g/mol.